The molecule has 108 valence electrons. The molecule has 19 heavy (non-hydrogen) atoms. The second kappa shape index (κ2) is 6.72. The van der Waals surface area contributed by atoms with Crippen LogP contribution in [0.5, 0.6) is 0 Å². The quantitative estimate of drug-likeness (QED) is 0.805. The molecule has 0 spiro atoms. The van der Waals surface area contributed by atoms with Crippen LogP contribution in [0.25, 0.3) is 0 Å². The van der Waals surface area contributed by atoms with Crippen molar-refractivity contribution >= 4 is 15.9 Å². The minimum Gasteiger partial charge on any atom is -0.467 e. The number of nitrogens with one attached hydrogen (secondary N) is 1. The van der Waals surface area contributed by atoms with E-state index in [0.717, 1.165) is 6.26 Å². The minimum absolute atomic E-state index is 0.160. The number of amides is 1. The molecule has 1 aromatic heterocycles. The van der Waals surface area contributed by atoms with Crippen LogP contribution in [0.3, 0.4) is 0 Å². The molecule has 0 fully saturated rings. The molecule has 1 heterocycles. The first kappa shape index (κ1) is 15.7. The molecule has 0 aliphatic carbocycles. The largest absolute Gasteiger partial charge is 0.467 e. The zero-order valence-electron chi connectivity index (χ0n) is 11.4. The molecule has 0 bridgehead atoms. The molecule has 0 aromatic carbocycles. The fourth-order valence-corrected chi connectivity index (χ4v) is 2.46. The maximum atomic E-state index is 11.7. The van der Waals surface area contributed by atoms with E-state index in [9.17, 15) is 13.2 Å². The minimum atomic E-state index is -3.38. The number of nitrogens with zero attached hydrogens (tertiary/aromatic N) is 1. The normalized spacial score (nSPS) is 12.1. The maximum Gasteiger partial charge on any atom is 0.235 e. The Bertz CT molecular complexity index is 494. The van der Waals surface area contributed by atoms with Crippen molar-refractivity contribution in [1.29, 1.82) is 0 Å². The molecule has 1 amide bonds. The van der Waals surface area contributed by atoms with Crippen LogP contribution in [0.1, 0.15) is 19.6 Å². The number of furan rings is 1. The Kier molecular flexibility index (Phi) is 5.56. The van der Waals surface area contributed by atoms with Gasteiger partial charge in [0, 0.05) is 6.54 Å². The fraction of sp³-hybridized carbons (Fsp3) is 0.583. The van der Waals surface area contributed by atoms with Gasteiger partial charge in [-0.25, -0.2) is 8.42 Å². The van der Waals surface area contributed by atoms with Gasteiger partial charge in [0.25, 0.3) is 0 Å². The highest BCUT2D eigenvalue weighted by atomic mass is 32.2. The lowest BCUT2D eigenvalue weighted by atomic mass is 10.2. The fourth-order valence-electron chi connectivity index (χ4n) is 1.54. The van der Waals surface area contributed by atoms with E-state index in [2.05, 4.69) is 5.32 Å². The Hall–Kier alpha value is -1.34. The van der Waals surface area contributed by atoms with E-state index in [0.29, 0.717) is 12.3 Å². The van der Waals surface area contributed by atoms with Gasteiger partial charge in [-0.3, -0.25) is 4.79 Å². The van der Waals surface area contributed by atoms with E-state index < -0.39 is 10.0 Å². The number of rotatable bonds is 7. The van der Waals surface area contributed by atoms with Gasteiger partial charge in [-0.1, -0.05) is 13.8 Å². The molecular weight excluding hydrogens is 268 g/mol. The highest BCUT2D eigenvalue weighted by molar-refractivity contribution is 7.88. The molecule has 0 unspecified atom stereocenters. The smallest absolute Gasteiger partial charge is 0.235 e. The van der Waals surface area contributed by atoms with Gasteiger partial charge >= 0.3 is 0 Å². The van der Waals surface area contributed by atoms with Crippen LogP contribution in [0.2, 0.25) is 0 Å². The van der Waals surface area contributed by atoms with Gasteiger partial charge < -0.3 is 9.73 Å². The van der Waals surface area contributed by atoms with Crippen LogP contribution in [0, 0.1) is 5.92 Å². The Balaban J connectivity index is 2.51. The number of carbonyl (C=O) groups is 1. The van der Waals surface area contributed by atoms with E-state index in [1.807, 2.05) is 13.8 Å². The molecule has 1 rings (SSSR count). The molecule has 7 heteroatoms. The maximum absolute atomic E-state index is 11.7. The first-order valence-corrected chi connectivity index (χ1v) is 7.88. The number of carbonyl (C=O) groups excluding carboxylic acids is 1. The Morgan fingerprint density at radius 2 is 2.16 bits per heavy atom. The van der Waals surface area contributed by atoms with E-state index in [-0.39, 0.29) is 24.9 Å². The van der Waals surface area contributed by atoms with Crippen LogP contribution < -0.4 is 5.32 Å². The van der Waals surface area contributed by atoms with E-state index >= 15 is 0 Å². The van der Waals surface area contributed by atoms with Gasteiger partial charge in [0.1, 0.15) is 5.76 Å². The third-order valence-electron chi connectivity index (χ3n) is 2.40. The molecule has 0 saturated carbocycles. The summed E-state index contributed by atoms with van der Waals surface area (Å²) in [6.07, 6.45) is 2.62. The summed E-state index contributed by atoms with van der Waals surface area (Å²) >= 11 is 0. The molecule has 1 aromatic rings. The molecule has 0 saturated heterocycles. The average Bonchev–Trinajstić information content (AvgIpc) is 2.76. The summed E-state index contributed by atoms with van der Waals surface area (Å²) in [5.41, 5.74) is 0. The van der Waals surface area contributed by atoms with Crippen LogP contribution in [-0.4, -0.2) is 38.0 Å². The molecule has 1 N–H and O–H groups in total. The molecule has 0 aliphatic rings. The highest BCUT2D eigenvalue weighted by Gasteiger charge is 2.20. The lowest BCUT2D eigenvalue weighted by Crippen LogP contribution is -2.41. The Morgan fingerprint density at radius 3 is 2.63 bits per heavy atom. The zero-order valence-corrected chi connectivity index (χ0v) is 12.2. The van der Waals surface area contributed by atoms with Gasteiger partial charge in [-0.05, 0) is 18.1 Å². The van der Waals surface area contributed by atoms with Crippen molar-refractivity contribution in [2.45, 2.75) is 20.4 Å². The summed E-state index contributed by atoms with van der Waals surface area (Å²) in [5.74, 6) is 0.443. The molecular formula is C12H20N2O4S. The van der Waals surface area contributed by atoms with Crippen molar-refractivity contribution < 1.29 is 17.6 Å². The highest BCUT2D eigenvalue weighted by Crippen LogP contribution is 2.04. The summed E-state index contributed by atoms with van der Waals surface area (Å²) in [4.78, 5) is 11.7. The third-order valence-corrected chi connectivity index (χ3v) is 3.61. The van der Waals surface area contributed by atoms with Gasteiger partial charge in [0.2, 0.25) is 15.9 Å². The van der Waals surface area contributed by atoms with Crippen LogP contribution in [0.15, 0.2) is 22.8 Å². The summed E-state index contributed by atoms with van der Waals surface area (Å²) in [6, 6.07) is 3.46. The summed E-state index contributed by atoms with van der Waals surface area (Å²) in [5, 5.41) is 2.62. The van der Waals surface area contributed by atoms with Gasteiger partial charge in [-0.2, -0.15) is 4.31 Å². The van der Waals surface area contributed by atoms with Gasteiger partial charge in [0.05, 0.1) is 25.6 Å². The first-order valence-electron chi connectivity index (χ1n) is 6.03. The van der Waals surface area contributed by atoms with Crippen molar-refractivity contribution in [3.8, 4) is 0 Å². The lowest BCUT2D eigenvalue weighted by Gasteiger charge is -2.21. The van der Waals surface area contributed by atoms with E-state index in [1.165, 1.54) is 10.6 Å². The second-order valence-corrected chi connectivity index (χ2v) is 6.79. The molecule has 0 atom stereocenters. The molecule has 0 aliphatic heterocycles. The topological polar surface area (TPSA) is 79.6 Å². The predicted octanol–water partition coefficient (Wildman–Crippen LogP) is 0.813. The molecule has 0 radical (unpaired) electrons. The average molecular weight is 288 g/mol. The van der Waals surface area contributed by atoms with Crippen molar-refractivity contribution in [3.63, 3.8) is 0 Å². The number of hydrogen-bond acceptors (Lipinski definition) is 4. The van der Waals surface area contributed by atoms with Gasteiger partial charge in [0.15, 0.2) is 0 Å². The zero-order chi connectivity index (χ0) is 14.5. The predicted molar refractivity (Wildman–Crippen MR) is 71.8 cm³/mol. The van der Waals surface area contributed by atoms with Crippen molar-refractivity contribution in [2.75, 3.05) is 19.3 Å². The van der Waals surface area contributed by atoms with E-state index in [4.69, 9.17) is 4.42 Å². The van der Waals surface area contributed by atoms with Crippen LogP contribution >= 0.6 is 0 Å². The summed E-state index contributed by atoms with van der Waals surface area (Å²) < 4.78 is 29.4. The third kappa shape index (κ3) is 5.89. The van der Waals surface area contributed by atoms with Crippen molar-refractivity contribution in [1.82, 2.24) is 9.62 Å². The van der Waals surface area contributed by atoms with Crippen molar-refractivity contribution in [3.05, 3.63) is 24.2 Å². The Labute approximate surface area is 113 Å². The monoisotopic (exact) mass is 288 g/mol. The SMILES string of the molecule is CC(C)CN(CC(=O)NCc1ccco1)S(C)(=O)=O. The second-order valence-electron chi connectivity index (χ2n) is 4.81. The summed E-state index contributed by atoms with van der Waals surface area (Å²) in [6.45, 7) is 4.22. The van der Waals surface area contributed by atoms with E-state index in [1.54, 1.807) is 12.1 Å². The molecule has 6 nitrogen and oxygen atoms in total. The first-order chi connectivity index (χ1) is 8.79. The number of hydrogen-bond donors (Lipinski definition) is 1. The lowest BCUT2D eigenvalue weighted by molar-refractivity contribution is -0.121. The van der Waals surface area contributed by atoms with Crippen molar-refractivity contribution in [2.24, 2.45) is 5.92 Å². The summed E-state index contributed by atoms with van der Waals surface area (Å²) in [7, 11) is -3.38. The van der Waals surface area contributed by atoms with Crippen LogP contribution in [0.4, 0.5) is 0 Å². The number of sulfonamides is 1. The van der Waals surface area contributed by atoms with Gasteiger partial charge in [-0.15, -0.1) is 0 Å². The standard InChI is InChI=1S/C12H20N2O4S/c1-10(2)8-14(19(3,16)17)9-12(15)13-7-11-5-4-6-18-11/h4-6,10H,7-9H2,1-3H3,(H,13,15). The van der Waals surface area contributed by atoms with Crippen LogP contribution in [-0.2, 0) is 21.4 Å². The Morgan fingerprint density at radius 1 is 1.47 bits per heavy atom.